The van der Waals surface area contributed by atoms with Crippen LogP contribution in [0.15, 0.2) is 30.3 Å². The molecule has 1 aromatic rings. The molecule has 0 heterocycles. The van der Waals surface area contributed by atoms with E-state index >= 15 is 0 Å². The van der Waals surface area contributed by atoms with Crippen LogP contribution in [0.1, 0.15) is 12.5 Å². The number of hydrogen-bond donors (Lipinski definition) is 1. The molecule has 0 aliphatic carbocycles. The van der Waals surface area contributed by atoms with E-state index in [1.54, 1.807) is 0 Å². The van der Waals surface area contributed by atoms with E-state index in [0.717, 1.165) is 19.5 Å². The molecule has 2 nitrogen and oxygen atoms in total. The lowest BCUT2D eigenvalue weighted by atomic mass is 10.1. The fourth-order valence-corrected chi connectivity index (χ4v) is 1.68. The fourth-order valence-electron chi connectivity index (χ4n) is 1.68. The number of rotatable bonds is 7. The van der Waals surface area contributed by atoms with Gasteiger partial charge in [-0.15, -0.1) is 6.42 Å². The van der Waals surface area contributed by atoms with E-state index in [1.807, 2.05) is 0 Å². The summed E-state index contributed by atoms with van der Waals surface area (Å²) >= 11 is 0. The lowest BCUT2D eigenvalue weighted by Crippen LogP contribution is -2.39. The molecule has 0 fully saturated rings. The summed E-state index contributed by atoms with van der Waals surface area (Å²) in [5.41, 5.74) is 1.39. The van der Waals surface area contributed by atoms with Gasteiger partial charge in [0.25, 0.3) is 0 Å². The molecule has 17 heavy (non-hydrogen) atoms. The second-order valence-corrected chi connectivity index (χ2v) is 4.40. The van der Waals surface area contributed by atoms with Crippen molar-refractivity contribution >= 4 is 0 Å². The normalized spacial score (nSPS) is 12.4. The van der Waals surface area contributed by atoms with E-state index in [-0.39, 0.29) is 0 Å². The van der Waals surface area contributed by atoms with Crippen LogP contribution in [0.3, 0.4) is 0 Å². The number of likely N-dealkylation sites (N-methyl/N-ethyl adjacent to an activating group) is 1. The average molecular weight is 230 g/mol. The second kappa shape index (κ2) is 7.89. The molecule has 0 bridgehead atoms. The first-order valence-electron chi connectivity index (χ1n) is 6.12. The monoisotopic (exact) mass is 230 g/mol. The topological polar surface area (TPSA) is 15.3 Å². The molecule has 1 rings (SSSR count). The molecule has 1 unspecified atom stereocenters. The molecule has 0 radical (unpaired) electrons. The maximum absolute atomic E-state index is 5.20. The molecule has 2 heteroatoms. The van der Waals surface area contributed by atoms with Gasteiger partial charge in [-0.1, -0.05) is 36.3 Å². The molecule has 0 aliphatic rings. The minimum absolute atomic E-state index is 0.507. The van der Waals surface area contributed by atoms with Crippen LogP contribution in [0.2, 0.25) is 0 Å². The fraction of sp³-hybridized carbons (Fsp3) is 0.467. The van der Waals surface area contributed by atoms with Crippen LogP contribution < -0.4 is 5.32 Å². The third kappa shape index (κ3) is 5.53. The highest BCUT2D eigenvalue weighted by molar-refractivity contribution is 5.14. The zero-order valence-electron chi connectivity index (χ0n) is 10.8. The summed E-state index contributed by atoms with van der Waals surface area (Å²) in [5.74, 6) is 2.59. The van der Waals surface area contributed by atoms with E-state index in [9.17, 15) is 0 Å². The molecule has 0 saturated carbocycles. The third-order valence-electron chi connectivity index (χ3n) is 3.02. The van der Waals surface area contributed by atoms with Crippen LogP contribution in [0, 0.1) is 12.3 Å². The zero-order chi connectivity index (χ0) is 12.5. The first-order valence-corrected chi connectivity index (χ1v) is 6.12. The van der Waals surface area contributed by atoms with Gasteiger partial charge in [0.2, 0.25) is 0 Å². The van der Waals surface area contributed by atoms with Crippen molar-refractivity contribution < 1.29 is 0 Å². The van der Waals surface area contributed by atoms with E-state index in [0.29, 0.717) is 12.6 Å². The summed E-state index contributed by atoms with van der Waals surface area (Å²) in [6.07, 6.45) is 6.29. The van der Waals surface area contributed by atoms with Gasteiger partial charge in [0.15, 0.2) is 0 Å². The summed E-state index contributed by atoms with van der Waals surface area (Å²) in [6, 6.07) is 11.1. The third-order valence-corrected chi connectivity index (χ3v) is 3.02. The Morgan fingerprint density at radius 1 is 1.35 bits per heavy atom. The van der Waals surface area contributed by atoms with Gasteiger partial charge in [-0.2, -0.15) is 0 Å². The summed E-state index contributed by atoms with van der Waals surface area (Å²) < 4.78 is 0. The standard InChI is InChI=1S/C15H22N2/c1-4-11-16-13-14(2)17(3)12-10-15-8-6-5-7-9-15/h1,5-9,14,16H,10-13H2,2-3H3. The lowest BCUT2D eigenvalue weighted by molar-refractivity contribution is 0.256. The number of terminal acetylenes is 1. The van der Waals surface area contributed by atoms with Crippen LogP contribution in [0.25, 0.3) is 0 Å². The second-order valence-electron chi connectivity index (χ2n) is 4.40. The summed E-state index contributed by atoms with van der Waals surface area (Å²) in [4.78, 5) is 2.36. The predicted molar refractivity (Wildman–Crippen MR) is 73.9 cm³/mol. The SMILES string of the molecule is C#CCNCC(C)N(C)CCc1ccccc1. The zero-order valence-corrected chi connectivity index (χ0v) is 10.8. The largest absolute Gasteiger partial charge is 0.305 e. The van der Waals surface area contributed by atoms with Crippen molar-refractivity contribution in [1.29, 1.82) is 0 Å². The summed E-state index contributed by atoms with van der Waals surface area (Å²) in [6.45, 7) is 4.88. The van der Waals surface area contributed by atoms with Crippen molar-refractivity contribution in [1.82, 2.24) is 10.2 Å². The molecule has 1 N–H and O–H groups in total. The van der Waals surface area contributed by atoms with Gasteiger partial charge in [-0.3, -0.25) is 0 Å². The van der Waals surface area contributed by atoms with Gasteiger partial charge in [0, 0.05) is 19.1 Å². The van der Waals surface area contributed by atoms with Crippen LogP contribution in [-0.2, 0) is 6.42 Å². The van der Waals surface area contributed by atoms with E-state index in [2.05, 4.69) is 60.4 Å². The van der Waals surface area contributed by atoms with Crippen molar-refractivity contribution in [2.24, 2.45) is 0 Å². The van der Waals surface area contributed by atoms with Gasteiger partial charge in [0.1, 0.15) is 0 Å². The molecular formula is C15H22N2. The predicted octanol–water partition coefficient (Wildman–Crippen LogP) is 1.77. The Kier molecular flexibility index (Phi) is 6.39. The Balaban J connectivity index is 2.24. The molecule has 0 spiro atoms. The number of nitrogens with one attached hydrogen (secondary N) is 1. The minimum Gasteiger partial charge on any atom is -0.305 e. The van der Waals surface area contributed by atoms with E-state index in [4.69, 9.17) is 6.42 Å². The van der Waals surface area contributed by atoms with Crippen LogP contribution in [0.5, 0.6) is 0 Å². The van der Waals surface area contributed by atoms with E-state index in [1.165, 1.54) is 5.56 Å². The Morgan fingerprint density at radius 3 is 2.71 bits per heavy atom. The molecule has 92 valence electrons. The highest BCUT2D eigenvalue weighted by Gasteiger charge is 2.07. The van der Waals surface area contributed by atoms with Crippen LogP contribution in [-0.4, -0.2) is 37.6 Å². The van der Waals surface area contributed by atoms with Crippen LogP contribution >= 0.6 is 0 Å². The highest BCUT2D eigenvalue weighted by atomic mass is 15.1. The molecular weight excluding hydrogens is 208 g/mol. The van der Waals surface area contributed by atoms with Gasteiger partial charge in [0.05, 0.1) is 6.54 Å². The van der Waals surface area contributed by atoms with Gasteiger partial charge >= 0.3 is 0 Å². The highest BCUT2D eigenvalue weighted by Crippen LogP contribution is 2.02. The molecule has 0 aliphatic heterocycles. The summed E-state index contributed by atoms with van der Waals surface area (Å²) in [7, 11) is 2.16. The van der Waals surface area contributed by atoms with Gasteiger partial charge < -0.3 is 10.2 Å². The number of hydrogen-bond acceptors (Lipinski definition) is 2. The number of nitrogens with zero attached hydrogens (tertiary/aromatic N) is 1. The Labute approximate surface area is 105 Å². The minimum atomic E-state index is 0.507. The molecule has 0 amide bonds. The van der Waals surface area contributed by atoms with Crippen molar-refractivity contribution in [3.63, 3.8) is 0 Å². The Hall–Kier alpha value is -1.30. The lowest BCUT2D eigenvalue weighted by Gasteiger charge is -2.24. The molecule has 0 saturated heterocycles. The first-order chi connectivity index (χ1) is 8.24. The van der Waals surface area contributed by atoms with E-state index < -0.39 is 0 Å². The smallest absolute Gasteiger partial charge is 0.0574 e. The Morgan fingerprint density at radius 2 is 2.06 bits per heavy atom. The maximum atomic E-state index is 5.20. The summed E-state index contributed by atoms with van der Waals surface area (Å²) in [5, 5.41) is 3.24. The van der Waals surface area contributed by atoms with Gasteiger partial charge in [-0.05, 0) is 26.0 Å². The maximum Gasteiger partial charge on any atom is 0.0574 e. The van der Waals surface area contributed by atoms with Crippen LogP contribution in [0.4, 0.5) is 0 Å². The van der Waals surface area contributed by atoms with Crippen molar-refractivity contribution in [3.05, 3.63) is 35.9 Å². The first kappa shape index (κ1) is 13.8. The number of benzene rings is 1. The average Bonchev–Trinajstić information content (AvgIpc) is 2.37. The van der Waals surface area contributed by atoms with Crippen molar-refractivity contribution in [2.45, 2.75) is 19.4 Å². The van der Waals surface area contributed by atoms with Crippen molar-refractivity contribution in [3.8, 4) is 12.3 Å². The Bertz CT molecular complexity index is 340. The van der Waals surface area contributed by atoms with Gasteiger partial charge in [-0.25, -0.2) is 0 Å². The quantitative estimate of drug-likeness (QED) is 0.567. The molecule has 1 aromatic carbocycles. The molecule has 0 aromatic heterocycles. The molecule has 1 atom stereocenters. The van der Waals surface area contributed by atoms with Crippen molar-refractivity contribution in [2.75, 3.05) is 26.7 Å².